The van der Waals surface area contributed by atoms with Crippen molar-refractivity contribution in [2.75, 3.05) is 7.11 Å². The van der Waals surface area contributed by atoms with Gasteiger partial charge < -0.3 is 9.84 Å². The number of methoxy groups -OCH3 is 1. The first-order valence-electron chi connectivity index (χ1n) is 4.48. The fourth-order valence-corrected chi connectivity index (χ4v) is 1.24. The molecule has 1 aromatic rings. The maximum Gasteiger partial charge on any atom is 0.235 e. The molecule has 0 atom stereocenters. The quantitative estimate of drug-likeness (QED) is 0.609. The fraction of sp³-hybridized carbons (Fsp3) is 0.364. The van der Waals surface area contributed by atoms with Crippen LogP contribution in [0.3, 0.4) is 0 Å². The molecule has 0 saturated carbocycles. The fourth-order valence-electron chi connectivity index (χ4n) is 1.24. The van der Waals surface area contributed by atoms with Gasteiger partial charge in [-0.2, -0.15) is 4.99 Å². The zero-order valence-electron chi connectivity index (χ0n) is 8.94. The maximum absolute atomic E-state index is 10.2. The molecule has 1 N–H and O–H groups in total. The third-order valence-electron chi connectivity index (χ3n) is 2.21. The molecule has 0 saturated heterocycles. The average molecular weight is 207 g/mol. The number of carbonyl (C=O) groups excluding carboxylic acids is 1. The molecule has 15 heavy (non-hydrogen) atoms. The standard InChI is InChI=1S/C11H13NO3/c1-11(2,12-7-13)8-4-5-9(14)10(6-8)15-3/h4-6,14H,1-3H3. The smallest absolute Gasteiger partial charge is 0.235 e. The van der Waals surface area contributed by atoms with Gasteiger partial charge in [0, 0.05) is 0 Å². The highest BCUT2D eigenvalue weighted by Gasteiger charge is 2.20. The second kappa shape index (κ2) is 4.15. The Morgan fingerprint density at radius 2 is 2.13 bits per heavy atom. The normalized spacial score (nSPS) is 10.6. The third-order valence-corrected chi connectivity index (χ3v) is 2.21. The lowest BCUT2D eigenvalue weighted by molar-refractivity contribution is 0.371. The third kappa shape index (κ3) is 2.36. The molecule has 0 radical (unpaired) electrons. The molecule has 80 valence electrons. The molecule has 0 aliphatic carbocycles. The van der Waals surface area contributed by atoms with E-state index in [2.05, 4.69) is 4.99 Å². The summed E-state index contributed by atoms with van der Waals surface area (Å²) in [5.74, 6) is 0.425. The van der Waals surface area contributed by atoms with Crippen molar-refractivity contribution >= 4 is 6.08 Å². The van der Waals surface area contributed by atoms with E-state index in [9.17, 15) is 9.90 Å². The number of hydrogen-bond donors (Lipinski definition) is 1. The highest BCUT2D eigenvalue weighted by molar-refractivity contribution is 5.45. The van der Waals surface area contributed by atoms with Gasteiger partial charge in [0.25, 0.3) is 0 Å². The number of benzene rings is 1. The van der Waals surface area contributed by atoms with E-state index in [-0.39, 0.29) is 5.75 Å². The minimum atomic E-state index is -0.664. The number of ether oxygens (including phenoxy) is 1. The van der Waals surface area contributed by atoms with Gasteiger partial charge in [-0.15, -0.1) is 0 Å². The summed E-state index contributed by atoms with van der Waals surface area (Å²) >= 11 is 0. The lowest BCUT2D eigenvalue weighted by atomic mass is 9.95. The molecule has 0 aliphatic rings. The zero-order chi connectivity index (χ0) is 11.5. The van der Waals surface area contributed by atoms with Crippen LogP contribution < -0.4 is 4.74 Å². The number of aromatic hydroxyl groups is 1. The Morgan fingerprint density at radius 1 is 1.47 bits per heavy atom. The van der Waals surface area contributed by atoms with Crippen molar-refractivity contribution in [3.63, 3.8) is 0 Å². The van der Waals surface area contributed by atoms with E-state index in [4.69, 9.17) is 4.74 Å². The first-order chi connectivity index (χ1) is 7.01. The summed E-state index contributed by atoms with van der Waals surface area (Å²) in [6.07, 6.45) is 1.53. The zero-order valence-corrected chi connectivity index (χ0v) is 8.94. The van der Waals surface area contributed by atoms with E-state index in [0.29, 0.717) is 5.75 Å². The van der Waals surface area contributed by atoms with Crippen LogP contribution in [0.2, 0.25) is 0 Å². The summed E-state index contributed by atoms with van der Waals surface area (Å²) in [5, 5.41) is 9.40. The molecule has 0 fully saturated rings. The van der Waals surface area contributed by atoms with Crippen molar-refractivity contribution in [2.24, 2.45) is 4.99 Å². The van der Waals surface area contributed by atoms with E-state index in [1.807, 2.05) is 0 Å². The SMILES string of the molecule is COc1cc(C(C)(C)N=C=O)ccc1O. The van der Waals surface area contributed by atoms with Crippen LogP contribution >= 0.6 is 0 Å². The van der Waals surface area contributed by atoms with Crippen molar-refractivity contribution in [1.29, 1.82) is 0 Å². The second-order valence-corrected chi connectivity index (χ2v) is 3.65. The molecule has 4 nitrogen and oxygen atoms in total. The van der Waals surface area contributed by atoms with Gasteiger partial charge in [0.15, 0.2) is 11.5 Å². The summed E-state index contributed by atoms with van der Waals surface area (Å²) in [7, 11) is 1.47. The second-order valence-electron chi connectivity index (χ2n) is 3.65. The van der Waals surface area contributed by atoms with Crippen molar-refractivity contribution in [2.45, 2.75) is 19.4 Å². The molecule has 0 bridgehead atoms. The van der Waals surface area contributed by atoms with Gasteiger partial charge in [-0.1, -0.05) is 6.07 Å². The van der Waals surface area contributed by atoms with Crippen molar-refractivity contribution in [1.82, 2.24) is 0 Å². The Hall–Kier alpha value is -1.80. The van der Waals surface area contributed by atoms with Crippen LogP contribution in [0.15, 0.2) is 23.2 Å². The molecule has 0 aliphatic heterocycles. The number of nitrogens with zero attached hydrogens (tertiary/aromatic N) is 1. The number of hydrogen-bond acceptors (Lipinski definition) is 4. The topological polar surface area (TPSA) is 58.9 Å². The van der Waals surface area contributed by atoms with E-state index < -0.39 is 5.54 Å². The monoisotopic (exact) mass is 207 g/mol. The predicted molar refractivity (Wildman–Crippen MR) is 55.8 cm³/mol. The van der Waals surface area contributed by atoms with E-state index in [1.54, 1.807) is 26.0 Å². The minimum absolute atomic E-state index is 0.0622. The molecule has 0 aromatic heterocycles. The molecule has 1 rings (SSSR count). The van der Waals surface area contributed by atoms with Crippen molar-refractivity contribution < 1.29 is 14.6 Å². The molecule has 4 heteroatoms. The Morgan fingerprint density at radius 3 is 2.67 bits per heavy atom. The Labute approximate surface area is 88.2 Å². The lowest BCUT2D eigenvalue weighted by Crippen LogP contribution is -2.13. The van der Waals surface area contributed by atoms with Gasteiger partial charge in [-0.25, -0.2) is 4.79 Å². The van der Waals surface area contributed by atoms with Crippen LogP contribution in [0.1, 0.15) is 19.4 Å². The van der Waals surface area contributed by atoms with E-state index >= 15 is 0 Å². The van der Waals surface area contributed by atoms with Crippen LogP contribution in [-0.4, -0.2) is 18.3 Å². The van der Waals surface area contributed by atoms with Crippen LogP contribution in [0.25, 0.3) is 0 Å². The molecule has 0 heterocycles. The van der Waals surface area contributed by atoms with Crippen LogP contribution in [-0.2, 0) is 10.3 Å². The average Bonchev–Trinajstić information content (AvgIpc) is 2.18. The number of rotatable bonds is 3. The van der Waals surface area contributed by atoms with E-state index in [1.165, 1.54) is 19.3 Å². The van der Waals surface area contributed by atoms with Crippen LogP contribution in [0.5, 0.6) is 11.5 Å². The molecular formula is C11H13NO3. The summed E-state index contributed by atoms with van der Waals surface area (Å²) in [5.41, 5.74) is 0.114. The number of phenols is 1. The van der Waals surface area contributed by atoms with Gasteiger partial charge >= 0.3 is 0 Å². The number of aliphatic imine (C=N–C) groups is 1. The highest BCUT2D eigenvalue weighted by atomic mass is 16.5. The van der Waals surface area contributed by atoms with Crippen LogP contribution in [0.4, 0.5) is 0 Å². The Kier molecular flexibility index (Phi) is 3.12. The lowest BCUT2D eigenvalue weighted by Gasteiger charge is -2.18. The molecule has 0 unspecified atom stereocenters. The Bertz CT molecular complexity index is 406. The van der Waals surface area contributed by atoms with Gasteiger partial charge in [-0.05, 0) is 31.5 Å². The first-order valence-corrected chi connectivity index (χ1v) is 4.48. The van der Waals surface area contributed by atoms with E-state index in [0.717, 1.165) is 5.56 Å². The summed E-state index contributed by atoms with van der Waals surface area (Å²) in [6.45, 7) is 3.56. The number of phenolic OH excluding ortho intramolecular Hbond substituents is 1. The maximum atomic E-state index is 10.2. The predicted octanol–water partition coefficient (Wildman–Crippen LogP) is 1.97. The summed E-state index contributed by atoms with van der Waals surface area (Å²) in [4.78, 5) is 13.9. The van der Waals surface area contributed by atoms with Crippen molar-refractivity contribution in [3.8, 4) is 11.5 Å². The molecule has 1 aromatic carbocycles. The summed E-state index contributed by atoms with van der Waals surface area (Å²) < 4.78 is 4.97. The van der Waals surface area contributed by atoms with Crippen LogP contribution in [0, 0.1) is 0 Å². The largest absolute Gasteiger partial charge is 0.504 e. The highest BCUT2D eigenvalue weighted by Crippen LogP contribution is 2.32. The first kappa shape index (κ1) is 11.3. The molecule has 0 amide bonds. The molecular weight excluding hydrogens is 194 g/mol. The Balaban J connectivity index is 3.21. The van der Waals surface area contributed by atoms with Crippen molar-refractivity contribution in [3.05, 3.63) is 23.8 Å². The number of isocyanates is 1. The van der Waals surface area contributed by atoms with Gasteiger partial charge in [0.05, 0.1) is 12.6 Å². The minimum Gasteiger partial charge on any atom is -0.504 e. The summed E-state index contributed by atoms with van der Waals surface area (Å²) in [6, 6.07) is 4.85. The molecule has 0 spiro atoms. The van der Waals surface area contributed by atoms with Gasteiger partial charge in [-0.3, -0.25) is 0 Å². The van der Waals surface area contributed by atoms with Gasteiger partial charge in [0.2, 0.25) is 6.08 Å². The van der Waals surface area contributed by atoms with Gasteiger partial charge in [0.1, 0.15) is 0 Å².